The SMILES string of the molecule is CC(C)(CNS(=O)(=O)c1cccnc1)/C(N)=N/O. The highest BCUT2D eigenvalue weighted by Crippen LogP contribution is 2.15. The van der Waals surface area contributed by atoms with Gasteiger partial charge in [0.05, 0.1) is 0 Å². The molecule has 0 aromatic carbocycles. The lowest BCUT2D eigenvalue weighted by Crippen LogP contribution is -2.42. The summed E-state index contributed by atoms with van der Waals surface area (Å²) in [4.78, 5) is 3.81. The van der Waals surface area contributed by atoms with Crippen LogP contribution < -0.4 is 10.5 Å². The number of rotatable bonds is 5. The maximum atomic E-state index is 11.9. The van der Waals surface area contributed by atoms with E-state index >= 15 is 0 Å². The van der Waals surface area contributed by atoms with Crippen LogP contribution >= 0.6 is 0 Å². The third-order valence-corrected chi connectivity index (χ3v) is 3.84. The Bertz CT molecular complexity index is 525. The number of amidine groups is 1. The lowest BCUT2D eigenvalue weighted by molar-refractivity contribution is 0.307. The van der Waals surface area contributed by atoms with E-state index in [4.69, 9.17) is 10.9 Å². The summed E-state index contributed by atoms with van der Waals surface area (Å²) in [7, 11) is -3.64. The monoisotopic (exact) mass is 272 g/mol. The number of hydrogen-bond acceptors (Lipinski definition) is 5. The molecule has 1 aromatic rings. The Morgan fingerprint density at radius 2 is 2.28 bits per heavy atom. The van der Waals surface area contributed by atoms with Crippen LogP contribution in [0.25, 0.3) is 0 Å². The predicted molar refractivity (Wildman–Crippen MR) is 66.6 cm³/mol. The molecule has 0 amide bonds. The second-order valence-corrected chi connectivity index (χ2v) is 6.15. The fourth-order valence-electron chi connectivity index (χ4n) is 1.09. The lowest BCUT2D eigenvalue weighted by Gasteiger charge is -2.22. The number of nitrogens with one attached hydrogen (secondary N) is 1. The van der Waals surface area contributed by atoms with Gasteiger partial charge in [-0.15, -0.1) is 0 Å². The van der Waals surface area contributed by atoms with Crippen LogP contribution in [0.2, 0.25) is 0 Å². The molecule has 0 fully saturated rings. The maximum Gasteiger partial charge on any atom is 0.242 e. The third kappa shape index (κ3) is 3.41. The Hall–Kier alpha value is -1.67. The van der Waals surface area contributed by atoms with Gasteiger partial charge in [0.25, 0.3) is 0 Å². The van der Waals surface area contributed by atoms with Crippen LogP contribution in [-0.2, 0) is 10.0 Å². The van der Waals surface area contributed by atoms with Crippen LogP contribution in [0.3, 0.4) is 0 Å². The highest BCUT2D eigenvalue weighted by atomic mass is 32.2. The molecule has 0 bridgehead atoms. The summed E-state index contributed by atoms with van der Waals surface area (Å²) < 4.78 is 26.2. The molecule has 0 aliphatic rings. The summed E-state index contributed by atoms with van der Waals surface area (Å²) in [5.41, 5.74) is 4.68. The van der Waals surface area contributed by atoms with Crippen LogP contribution in [0.5, 0.6) is 0 Å². The minimum Gasteiger partial charge on any atom is -0.409 e. The number of sulfonamides is 1. The Labute approximate surface area is 106 Å². The van der Waals surface area contributed by atoms with Gasteiger partial charge in [0.15, 0.2) is 0 Å². The first kappa shape index (κ1) is 14.4. The van der Waals surface area contributed by atoms with E-state index in [1.54, 1.807) is 13.8 Å². The summed E-state index contributed by atoms with van der Waals surface area (Å²) in [5, 5.41) is 11.5. The van der Waals surface area contributed by atoms with E-state index in [0.29, 0.717) is 0 Å². The van der Waals surface area contributed by atoms with Crippen LogP contribution in [0.4, 0.5) is 0 Å². The van der Waals surface area contributed by atoms with E-state index in [2.05, 4.69) is 14.9 Å². The predicted octanol–water partition coefficient (Wildman–Crippen LogP) is 0.132. The molecule has 8 heteroatoms. The Kier molecular flexibility index (Phi) is 4.25. The molecular weight excluding hydrogens is 256 g/mol. The zero-order valence-electron chi connectivity index (χ0n) is 10.2. The average molecular weight is 272 g/mol. The molecule has 1 heterocycles. The largest absolute Gasteiger partial charge is 0.409 e. The first-order valence-electron chi connectivity index (χ1n) is 5.17. The number of aromatic nitrogens is 1. The van der Waals surface area contributed by atoms with Crippen LogP contribution in [-0.4, -0.2) is 31.0 Å². The number of nitrogens with two attached hydrogens (primary N) is 1. The summed E-state index contributed by atoms with van der Waals surface area (Å²) in [6, 6.07) is 2.97. The summed E-state index contributed by atoms with van der Waals surface area (Å²) in [6.07, 6.45) is 2.73. The maximum absolute atomic E-state index is 11.9. The van der Waals surface area contributed by atoms with E-state index in [0.717, 1.165) is 0 Å². The Morgan fingerprint density at radius 1 is 1.61 bits per heavy atom. The van der Waals surface area contributed by atoms with E-state index in [9.17, 15) is 8.42 Å². The van der Waals surface area contributed by atoms with Gasteiger partial charge in [-0.3, -0.25) is 4.98 Å². The first-order chi connectivity index (χ1) is 8.29. The van der Waals surface area contributed by atoms with Crippen LogP contribution in [0.15, 0.2) is 34.6 Å². The molecule has 1 aromatic heterocycles. The smallest absolute Gasteiger partial charge is 0.242 e. The molecule has 0 spiro atoms. The average Bonchev–Trinajstić information content (AvgIpc) is 2.36. The molecule has 1 rings (SSSR count). The minimum atomic E-state index is -3.64. The van der Waals surface area contributed by atoms with E-state index in [-0.39, 0.29) is 17.3 Å². The molecule has 18 heavy (non-hydrogen) atoms. The summed E-state index contributed by atoms with van der Waals surface area (Å²) in [5.74, 6) is -0.0450. The molecule has 7 nitrogen and oxygen atoms in total. The molecule has 0 unspecified atom stereocenters. The Morgan fingerprint density at radius 3 is 2.78 bits per heavy atom. The highest BCUT2D eigenvalue weighted by Gasteiger charge is 2.26. The Balaban J connectivity index is 2.81. The van der Waals surface area contributed by atoms with Gasteiger partial charge in [0.2, 0.25) is 10.0 Å². The van der Waals surface area contributed by atoms with Crippen molar-refractivity contribution < 1.29 is 13.6 Å². The molecular formula is C10H16N4O3S. The molecule has 100 valence electrons. The number of nitrogens with zero attached hydrogens (tertiary/aromatic N) is 2. The van der Waals surface area contributed by atoms with Crippen molar-refractivity contribution in [1.82, 2.24) is 9.71 Å². The fourth-order valence-corrected chi connectivity index (χ4v) is 2.27. The quantitative estimate of drug-likeness (QED) is 0.305. The minimum absolute atomic E-state index is 0.0140. The number of hydrogen-bond donors (Lipinski definition) is 3. The van der Waals surface area contributed by atoms with Gasteiger partial charge in [0.1, 0.15) is 10.7 Å². The van der Waals surface area contributed by atoms with Crippen molar-refractivity contribution in [1.29, 1.82) is 0 Å². The van der Waals surface area contributed by atoms with Crippen molar-refractivity contribution in [3.8, 4) is 0 Å². The molecule has 0 aliphatic carbocycles. The molecule has 0 atom stereocenters. The third-order valence-electron chi connectivity index (χ3n) is 2.45. The molecule has 0 radical (unpaired) electrons. The van der Waals surface area contributed by atoms with E-state index in [1.807, 2.05) is 0 Å². The number of oxime groups is 1. The van der Waals surface area contributed by atoms with Gasteiger partial charge in [-0.25, -0.2) is 13.1 Å². The fraction of sp³-hybridized carbons (Fsp3) is 0.400. The van der Waals surface area contributed by atoms with Gasteiger partial charge in [0, 0.05) is 24.4 Å². The van der Waals surface area contributed by atoms with Gasteiger partial charge in [-0.2, -0.15) is 0 Å². The topological polar surface area (TPSA) is 118 Å². The van der Waals surface area contributed by atoms with Crippen molar-refractivity contribution in [3.05, 3.63) is 24.5 Å². The number of pyridine rings is 1. The van der Waals surface area contributed by atoms with Crippen molar-refractivity contribution in [2.45, 2.75) is 18.7 Å². The normalized spacial score (nSPS) is 13.6. The lowest BCUT2D eigenvalue weighted by atomic mass is 9.93. The summed E-state index contributed by atoms with van der Waals surface area (Å²) in [6.45, 7) is 3.34. The second kappa shape index (κ2) is 5.32. The summed E-state index contributed by atoms with van der Waals surface area (Å²) >= 11 is 0. The van der Waals surface area contributed by atoms with Crippen LogP contribution in [0.1, 0.15) is 13.8 Å². The van der Waals surface area contributed by atoms with Gasteiger partial charge in [-0.05, 0) is 12.1 Å². The van der Waals surface area contributed by atoms with E-state index in [1.165, 1.54) is 24.5 Å². The van der Waals surface area contributed by atoms with Gasteiger partial charge >= 0.3 is 0 Å². The van der Waals surface area contributed by atoms with Crippen molar-refractivity contribution in [3.63, 3.8) is 0 Å². The van der Waals surface area contributed by atoms with Crippen molar-refractivity contribution in [2.24, 2.45) is 16.3 Å². The van der Waals surface area contributed by atoms with Gasteiger partial charge in [-0.1, -0.05) is 19.0 Å². The molecule has 0 saturated heterocycles. The van der Waals surface area contributed by atoms with Gasteiger partial charge < -0.3 is 10.9 Å². The first-order valence-corrected chi connectivity index (χ1v) is 6.65. The molecule has 4 N–H and O–H groups in total. The van der Waals surface area contributed by atoms with Crippen molar-refractivity contribution in [2.75, 3.05) is 6.54 Å². The second-order valence-electron chi connectivity index (χ2n) is 4.38. The standard InChI is InChI=1S/C10H16N4O3S/c1-10(2,9(11)14-15)7-13-18(16,17)8-4-3-5-12-6-8/h3-6,13,15H,7H2,1-2H3,(H2,11,14). The highest BCUT2D eigenvalue weighted by molar-refractivity contribution is 7.89. The molecule has 0 saturated carbocycles. The van der Waals surface area contributed by atoms with E-state index < -0.39 is 15.4 Å². The van der Waals surface area contributed by atoms with Crippen LogP contribution in [0, 0.1) is 5.41 Å². The zero-order valence-corrected chi connectivity index (χ0v) is 11.0. The molecule has 0 aliphatic heterocycles. The van der Waals surface area contributed by atoms with Crippen molar-refractivity contribution >= 4 is 15.9 Å². The zero-order chi connectivity index (χ0) is 13.8.